The first-order valence-electron chi connectivity index (χ1n) is 9.51. The number of carbonyl (C=O) groups excluding carboxylic acids is 2. The van der Waals surface area contributed by atoms with Gasteiger partial charge in [0.1, 0.15) is 0 Å². The summed E-state index contributed by atoms with van der Waals surface area (Å²) >= 11 is 0. The highest BCUT2D eigenvalue weighted by Gasteiger charge is 2.30. The van der Waals surface area contributed by atoms with E-state index in [4.69, 9.17) is 0 Å². The van der Waals surface area contributed by atoms with E-state index in [-0.39, 0.29) is 11.6 Å². The van der Waals surface area contributed by atoms with E-state index in [1.54, 1.807) is 24.3 Å². The predicted octanol–water partition coefficient (Wildman–Crippen LogP) is 4.89. The van der Waals surface area contributed by atoms with Gasteiger partial charge in [0, 0.05) is 35.3 Å². The van der Waals surface area contributed by atoms with Crippen LogP contribution >= 0.6 is 0 Å². The highest BCUT2D eigenvalue weighted by Crippen LogP contribution is 2.34. The smallest absolute Gasteiger partial charge is 0.194 e. The molecule has 0 fully saturated rings. The van der Waals surface area contributed by atoms with Crippen LogP contribution in [0.4, 0.5) is 11.4 Å². The van der Waals surface area contributed by atoms with Crippen molar-refractivity contribution >= 4 is 22.9 Å². The number of hydrogen-bond acceptors (Lipinski definition) is 4. The van der Waals surface area contributed by atoms with Crippen LogP contribution in [-0.4, -0.2) is 24.7 Å². The molecule has 2 N–H and O–H groups in total. The van der Waals surface area contributed by atoms with Gasteiger partial charge in [-0.2, -0.15) is 0 Å². The average molecular weight is 350 g/mol. The van der Waals surface area contributed by atoms with Gasteiger partial charge in [0.25, 0.3) is 0 Å². The molecular weight excluding hydrogens is 324 g/mol. The summed E-state index contributed by atoms with van der Waals surface area (Å²) in [5, 5.41) is 6.85. The number of unbranched alkanes of at least 4 members (excludes halogenated alkanes) is 2. The Hall–Kier alpha value is -2.62. The Balaban J connectivity index is 2.01. The lowest BCUT2D eigenvalue weighted by Gasteiger charge is -2.21. The molecule has 0 saturated carbocycles. The third-order valence-electron chi connectivity index (χ3n) is 4.75. The second kappa shape index (κ2) is 8.17. The molecule has 0 bridgehead atoms. The Morgan fingerprint density at radius 1 is 0.692 bits per heavy atom. The molecular formula is C22H26N2O2. The number of fused-ring (bicyclic) bond motifs is 2. The Morgan fingerprint density at radius 2 is 1.12 bits per heavy atom. The topological polar surface area (TPSA) is 58.2 Å². The summed E-state index contributed by atoms with van der Waals surface area (Å²) in [6.45, 7) is 5.98. The highest BCUT2D eigenvalue weighted by molar-refractivity contribution is 6.29. The summed E-state index contributed by atoms with van der Waals surface area (Å²) in [6.07, 6.45) is 4.31. The first-order chi connectivity index (χ1) is 12.7. The molecule has 0 aromatic heterocycles. The van der Waals surface area contributed by atoms with Crippen LogP contribution in [0.1, 0.15) is 71.4 Å². The zero-order chi connectivity index (χ0) is 18.5. The lowest BCUT2D eigenvalue weighted by molar-refractivity contribution is 0.0979. The monoisotopic (exact) mass is 350 g/mol. The zero-order valence-corrected chi connectivity index (χ0v) is 15.5. The Kier molecular flexibility index (Phi) is 5.71. The zero-order valence-electron chi connectivity index (χ0n) is 15.5. The minimum Gasteiger partial charge on any atom is -0.383 e. The Morgan fingerprint density at radius 3 is 1.50 bits per heavy atom. The summed E-state index contributed by atoms with van der Waals surface area (Å²) in [7, 11) is 0. The second-order valence-corrected chi connectivity index (χ2v) is 6.71. The normalized spacial score (nSPS) is 12.5. The fourth-order valence-electron chi connectivity index (χ4n) is 3.24. The quantitative estimate of drug-likeness (QED) is 0.568. The summed E-state index contributed by atoms with van der Waals surface area (Å²) in [5.74, 6) is -0.150. The van der Waals surface area contributed by atoms with Gasteiger partial charge in [-0.3, -0.25) is 9.59 Å². The molecule has 1 aliphatic rings. The number of carbonyl (C=O) groups is 2. The number of anilines is 2. The van der Waals surface area contributed by atoms with Crippen molar-refractivity contribution in [1.29, 1.82) is 0 Å². The van der Waals surface area contributed by atoms with E-state index >= 15 is 0 Å². The Labute approximate surface area is 155 Å². The van der Waals surface area contributed by atoms with Gasteiger partial charge in [-0.25, -0.2) is 0 Å². The van der Waals surface area contributed by atoms with Crippen molar-refractivity contribution in [3.63, 3.8) is 0 Å². The molecule has 26 heavy (non-hydrogen) atoms. The van der Waals surface area contributed by atoms with Crippen LogP contribution < -0.4 is 10.6 Å². The first kappa shape index (κ1) is 18.2. The molecule has 0 amide bonds. The van der Waals surface area contributed by atoms with E-state index in [2.05, 4.69) is 24.5 Å². The number of nitrogens with one attached hydrogen (secondary N) is 2. The van der Waals surface area contributed by atoms with Gasteiger partial charge in [0.05, 0.1) is 11.4 Å². The maximum atomic E-state index is 12.9. The van der Waals surface area contributed by atoms with Crippen molar-refractivity contribution in [2.75, 3.05) is 23.7 Å². The van der Waals surface area contributed by atoms with Crippen molar-refractivity contribution in [1.82, 2.24) is 0 Å². The fraction of sp³-hybridized carbons (Fsp3) is 0.364. The van der Waals surface area contributed by atoms with Crippen molar-refractivity contribution in [2.24, 2.45) is 0 Å². The second-order valence-electron chi connectivity index (χ2n) is 6.71. The van der Waals surface area contributed by atoms with Crippen LogP contribution in [0.25, 0.3) is 0 Å². The molecule has 1 aliphatic carbocycles. The number of rotatable bonds is 8. The Bertz CT molecular complexity index is 759. The van der Waals surface area contributed by atoms with Gasteiger partial charge in [0.15, 0.2) is 11.6 Å². The average Bonchev–Trinajstić information content (AvgIpc) is 2.67. The van der Waals surface area contributed by atoms with E-state index in [1.807, 2.05) is 12.1 Å². The maximum Gasteiger partial charge on any atom is 0.194 e. The van der Waals surface area contributed by atoms with E-state index in [0.717, 1.165) is 50.1 Å². The third kappa shape index (κ3) is 3.50. The van der Waals surface area contributed by atoms with Crippen molar-refractivity contribution < 1.29 is 9.59 Å². The van der Waals surface area contributed by atoms with Crippen LogP contribution in [0.15, 0.2) is 36.4 Å². The lowest BCUT2D eigenvalue weighted by Crippen LogP contribution is -2.22. The van der Waals surface area contributed by atoms with E-state index < -0.39 is 0 Å². The molecule has 2 aromatic rings. The van der Waals surface area contributed by atoms with E-state index in [0.29, 0.717) is 22.3 Å². The standard InChI is InChI=1S/C22H26N2O2/c1-3-5-11-23-19-13-17-18(14-20(19)24-12-6-4-2)22(26)16-10-8-7-9-15(16)21(17)25/h7-10,13-14,23-24H,3-6,11-12H2,1-2H3. The van der Waals surface area contributed by atoms with Gasteiger partial charge in [0.2, 0.25) is 0 Å². The molecule has 0 saturated heterocycles. The predicted molar refractivity (Wildman–Crippen MR) is 107 cm³/mol. The molecule has 4 heteroatoms. The first-order valence-corrected chi connectivity index (χ1v) is 9.51. The SMILES string of the molecule is CCCCNc1cc2c(cc1NCCCC)C(=O)c1ccccc1C2=O. The summed E-state index contributed by atoms with van der Waals surface area (Å²) in [5.41, 5.74) is 3.78. The van der Waals surface area contributed by atoms with Crippen molar-refractivity contribution in [3.8, 4) is 0 Å². The molecule has 136 valence electrons. The summed E-state index contributed by atoms with van der Waals surface area (Å²) < 4.78 is 0. The molecule has 0 heterocycles. The third-order valence-corrected chi connectivity index (χ3v) is 4.75. The molecule has 0 aliphatic heterocycles. The van der Waals surface area contributed by atoms with Crippen LogP contribution in [0.2, 0.25) is 0 Å². The van der Waals surface area contributed by atoms with Crippen molar-refractivity contribution in [3.05, 3.63) is 58.7 Å². The van der Waals surface area contributed by atoms with Gasteiger partial charge >= 0.3 is 0 Å². The summed E-state index contributed by atoms with van der Waals surface area (Å²) in [4.78, 5) is 25.8. The van der Waals surface area contributed by atoms with Crippen LogP contribution in [0.3, 0.4) is 0 Å². The largest absolute Gasteiger partial charge is 0.383 e. The van der Waals surface area contributed by atoms with E-state index in [9.17, 15) is 9.59 Å². The van der Waals surface area contributed by atoms with Gasteiger partial charge < -0.3 is 10.6 Å². The number of benzene rings is 2. The molecule has 3 rings (SSSR count). The van der Waals surface area contributed by atoms with Gasteiger partial charge in [-0.15, -0.1) is 0 Å². The minimum atomic E-state index is -0.0751. The van der Waals surface area contributed by atoms with Crippen LogP contribution in [0.5, 0.6) is 0 Å². The maximum absolute atomic E-state index is 12.9. The summed E-state index contributed by atoms with van der Waals surface area (Å²) in [6, 6.07) is 10.8. The lowest BCUT2D eigenvalue weighted by atomic mass is 9.83. The molecule has 4 nitrogen and oxygen atoms in total. The van der Waals surface area contributed by atoms with Gasteiger partial charge in [-0.05, 0) is 25.0 Å². The van der Waals surface area contributed by atoms with Crippen LogP contribution in [-0.2, 0) is 0 Å². The molecule has 0 unspecified atom stereocenters. The van der Waals surface area contributed by atoms with Crippen LogP contribution in [0, 0.1) is 0 Å². The van der Waals surface area contributed by atoms with Gasteiger partial charge in [-0.1, -0.05) is 51.0 Å². The van der Waals surface area contributed by atoms with Crippen molar-refractivity contribution in [2.45, 2.75) is 39.5 Å². The fourth-order valence-corrected chi connectivity index (χ4v) is 3.24. The molecule has 0 radical (unpaired) electrons. The minimum absolute atomic E-state index is 0.0751. The molecule has 0 atom stereocenters. The number of hydrogen-bond donors (Lipinski definition) is 2. The molecule has 0 spiro atoms. The number of ketones is 2. The highest BCUT2D eigenvalue weighted by atomic mass is 16.1. The molecule has 2 aromatic carbocycles. The van der Waals surface area contributed by atoms with E-state index in [1.165, 1.54) is 0 Å².